The lowest BCUT2D eigenvalue weighted by Crippen LogP contribution is -2.53. The molecule has 0 bridgehead atoms. The molecular weight excluding hydrogens is 222 g/mol. The second kappa shape index (κ2) is 5.13. The zero-order valence-corrected chi connectivity index (χ0v) is 12.9. The summed E-state index contributed by atoms with van der Waals surface area (Å²) in [5.74, 6) is 1.67. The molecule has 0 spiro atoms. The Morgan fingerprint density at radius 3 is 2.17 bits per heavy atom. The molecule has 1 saturated carbocycles. The first-order valence-electron chi connectivity index (χ1n) is 7.66. The van der Waals surface area contributed by atoms with E-state index in [0.717, 1.165) is 24.9 Å². The maximum Gasteiger partial charge on any atom is 0.0754 e. The normalized spacial score (nSPS) is 37.5. The summed E-state index contributed by atoms with van der Waals surface area (Å²) in [6.07, 6.45) is 5.91. The van der Waals surface area contributed by atoms with Crippen molar-refractivity contribution in [3.63, 3.8) is 0 Å². The van der Waals surface area contributed by atoms with Crippen LogP contribution in [0, 0.1) is 17.3 Å². The van der Waals surface area contributed by atoms with Crippen LogP contribution >= 0.6 is 0 Å². The van der Waals surface area contributed by atoms with E-state index in [1.54, 1.807) is 0 Å². The fraction of sp³-hybridized carbons (Fsp3) is 1.00. The summed E-state index contributed by atoms with van der Waals surface area (Å²) in [5.41, 5.74) is 0.500. The van der Waals surface area contributed by atoms with Gasteiger partial charge in [-0.25, -0.2) is 0 Å². The molecular formula is C16H31NO. The van der Waals surface area contributed by atoms with Gasteiger partial charge in [-0.1, -0.05) is 20.8 Å². The van der Waals surface area contributed by atoms with Crippen molar-refractivity contribution in [2.75, 3.05) is 13.1 Å². The van der Waals surface area contributed by atoms with E-state index < -0.39 is 0 Å². The maximum absolute atomic E-state index is 6.27. The maximum atomic E-state index is 6.27. The first-order chi connectivity index (χ1) is 8.28. The van der Waals surface area contributed by atoms with Crippen molar-refractivity contribution in [2.45, 2.75) is 72.0 Å². The van der Waals surface area contributed by atoms with Crippen LogP contribution in [-0.2, 0) is 4.74 Å². The second-order valence-corrected chi connectivity index (χ2v) is 8.02. The van der Waals surface area contributed by atoms with Crippen molar-refractivity contribution >= 4 is 0 Å². The minimum Gasteiger partial charge on any atom is -0.369 e. The van der Waals surface area contributed by atoms with Crippen LogP contribution in [0.3, 0.4) is 0 Å². The molecule has 18 heavy (non-hydrogen) atoms. The van der Waals surface area contributed by atoms with E-state index in [1.165, 1.54) is 25.7 Å². The standard InChI is InChI=1S/C16H31NO/c1-15(2,3)13-8-6-12(7-9-13)14-10-17-11-16(4,5)18-14/h12-14,17H,6-11H2,1-5H3. The van der Waals surface area contributed by atoms with Crippen LogP contribution < -0.4 is 5.32 Å². The summed E-state index contributed by atoms with van der Waals surface area (Å²) in [5, 5.41) is 3.54. The van der Waals surface area contributed by atoms with Crippen molar-refractivity contribution in [1.29, 1.82) is 0 Å². The highest BCUT2D eigenvalue weighted by Crippen LogP contribution is 2.41. The van der Waals surface area contributed by atoms with Crippen LogP contribution in [0.4, 0.5) is 0 Å². The molecule has 1 unspecified atom stereocenters. The molecule has 0 aromatic carbocycles. The fourth-order valence-electron chi connectivity index (χ4n) is 3.63. The molecule has 2 heteroatoms. The molecule has 2 nitrogen and oxygen atoms in total. The largest absolute Gasteiger partial charge is 0.369 e. The third kappa shape index (κ3) is 3.48. The Hall–Kier alpha value is -0.0800. The predicted octanol–water partition coefficient (Wildman–Crippen LogP) is 3.61. The molecule has 0 radical (unpaired) electrons. The third-order valence-corrected chi connectivity index (χ3v) is 4.89. The lowest BCUT2D eigenvalue weighted by molar-refractivity contribution is -0.124. The Morgan fingerprint density at radius 1 is 1.06 bits per heavy atom. The predicted molar refractivity (Wildman–Crippen MR) is 76.7 cm³/mol. The van der Waals surface area contributed by atoms with E-state index in [1.807, 2.05) is 0 Å². The zero-order chi connectivity index (χ0) is 13.4. The molecule has 0 amide bonds. The minimum absolute atomic E-state index is 0.0177. The summed E-state index contributed by atoms with van der Waals surface area (Å²) >= 11 is 0. The van der Waals surface area contributed by atoms with Crippen LogP contribution in [0.1, 0.15) is 60.3 Å². The van der Waals surface area contributed by atoms with Gasteiger partial charge in [-0.15, -0.1) is 0 Å². The van der Waals surface area contributed by atoms with Crippen molar-refractivity contribution in [2.24, 2.45) is 17.3 Å². The molecule has 0 aromatic heterocycles. The number of morpholine rings is 1. The van der Waals surface area contributed by atoms with Gasteiger partial charge in [-0.3, -0.25) is 0 Å². The SMILES string of the molecule is CC1(C)CNCC(C2CCC(C(C)(C)C)CC2)O1. The Morgan fingerprint density at radius 2 is 1.67 bits per heavy atom. The first kappa shape index (κ1) is 14.3. The number of hydrogen-bond donors (Lipinski definition) is 1. The van der Waals surface area contributed by atoms with Gasteiger partial charge in [-0.2, -0.15) is 0 Å². The van der Waals surface area contributed by atoms with Crippen molar-refractivity contribution < 1.29 is 4.74 Å². The van der Waals surface area contributed by atoms with Gasteiger partial charge in [0, 0.05) is 13.1 Å². The molecule has 2 aliphatic rings. The molecule has 1 N–H and O–H groups in total. The summed E-state index contributed by atoms with van der Waals surface area (Å²) < 4.78 is 6.27. The third-order valence-electron chi connectivity index (χ3n) is 4.89. The topological polar surface area (TPSA) is 21.3 Å². The van der Waals surface area contributed by atoms with E-state index >= 15 is 0 Å². The average molecular weight is 253 g/mol. The van der Waals surface area contributed by atoms with Gasteiger partial charge in [0.15, 0.2) is 0 Å². The van der Waals surface area contributed by atoms with Crippen LogP contribution in [-0.4, -0.2) is 24.8 Å². The van der Waals surface area contributed by atoms with Crippen molar-refractivity contribution in [1.82, 2.24) is 5.32 Å². The average Bonchev–Trinajstić information content (AvgIpc) is 2.27. The van der Waals surface area contributed by atoms with E-state index in [4.69, 9.17) is 4.74 Å². The number of rotatable bonds is 1. The monoisotopic (exact) mass is 253 g/mol. The van der Waals surface area contributed by atoms with E-state index in [-0.39, 0.29) is 5.60 Å². The highest BCUT2D eigenvalue weighted by atomic mass is 16.5. The molecule has 0 aromatic rings. The molecule has 2 fully saturated rings. The van der Waals surface area contributed by atoms with Crippen molar-refractivity contribution in [3.05, 3.63) is 0 Å². The minimum atomic E-state index is 0.0177. The van der Waals surface area contributed by atoms with Gasteiger partial charge < -0.3 is 10.1 Å². The van der Waals surface area contributed by atoms with Gasteiger partial charge in [0.05, 0.1) is 11.7 Å². The molecule has 106 valence electrons. The zero-order valence-electron chi connectivity index (χ0n) is 12.9. The summed E-state index contributed by atoms with van der Waals surface area (Å²) in [7, 11) is 0. The Kier molecular flexibility index (Phi) is 4.08. The van der Waals surface area contributed by atoms with Crippen LogP contribution in [0.25, 0.3) is 0 Å². The summed E-state index contributed by atoms with van der Waals surface area (Å²) in [4.78, 5) is 0. The molecule has 1 aliphatic heterocycles. The van der Waals surface area contributed by atoms with Crippen LogP contribution in [0.2, 0.25) is 0 Å². The number of nitrogens with one attached hydrogen (secondary N) is 1. The van der Waals surface area contributed by atoms with Gasteiger partial charge in [0.1, 0.15) is 0 Å². The fourth-order valence-corrected chi connectivity index (χ4v) is 3.63. The van der Waals surface area contributed by atoms with Gasteiger partial charge in [0.2, 0.25) is 0 Å². The lowest BCUT2D eigenvalue weighted by Gasteiger charge is -2.44. The van der Waals surface area contributed by atoms with E-state index in [2.05, 4.69) is 39.9 Å². The number of ether oxygens (including phenoxy) is 1. The molecule has 1 saturated heterocycles. The molecule has 2 rings (SSSR count). The molecule has 1 aliphatic carbocycles. The second-order valence-electron chi connectivity index (χ2n) is 8.02. The van der Waals surface area contributed by atoms with Crippen LogP contribution in [0.5, 0.6) is 0 Å². The molecule has 1 atom stereocenters. The Balaban J connectivity index is 1.86. The first-order valence-corrected chi connectivity index (χ1v) is 7.66. The summed E-state index contributed by atoms with van der Waals surface area (Å²) in [6.45, 7) is 13.6. The number of hydrogen-bond acceptors (Lipinski definition) is 2. The lowest BCUT2D eigenvalue weighted by atomic mass is 9.69. The Bertz CT molecular complexity index is 271. The van der Waals surface area contributed by atoms with Gasteiger partial charge >= 0.3 is 0 Å². The smallest absolute Gasteiger partial charge is 0.0754 e. The van der Waals surface area contributed by atoms with E-state index in [9.17, 15) is 0 Å². The van der Waals surface area contributed by atoms with Gasteiger partial charge in [-0.05, 0) is 56.8 Å². The summed E-state index contributed by atoms with van der Waals surface area (Å²) in [6, 6.07) is 0. The Labute approximate surface area is 113 Å². The quantitative estimate of drug-likeness (QED) is 0.771. The van der Waals surface area contributed by atoms with Crippen molar-refractivity contribution in [3.8, 4) is 0 Å². The highest BCUT2D eigenvalue weighted by Gasteiger charge is 2.37. The highest BCUT2D eigenvalue weighted by molar-refractivity contribution is 4.89. The van der Waals surface area contributed by atoms with Crippen LogP contribution in [0.15, 0.2) is 0 Å². The van der Waals surface area contributed by atoms with Gasteiger partial charge in [0.25, 0.3) is 0 Å². The molecule has 1 heterocycles. The van der Waals surface area contributed by atoms with E-state index in [0.29, 0.717) is 11.5 Å².